The molecule has 8 nitrogen and oxygen atoms in total. The monoisotopic (exact) mass is 400 g/mol. The highest BCUT2D eigenvalue weighted by Gasteiger charge is 2.51. The summed E-state index contributed by atoms with van der Waals surface area (Å²) in [7, 11) is 0. The van der Waals surface area contributed by atoms with Gasteiger partial charge in [-0.2, -0.15) is 5.10 Å². The van der Waals surface area contributed by atoms with Crippen molar-refractivity contribution in [2.24, 2.45) is 11.3 Å². The highest BCUT2D eigenvalue weighted by molar-refractivity contribution is 7.09. The van der Waals surface area contributed by atoms with Gasteiger partial charge in [0.25, 0.3) is 5.91 Å². The van der Waals surface area contributed by atoms with Crippen LogP contribution in [0.5, 0.6) is 0 Å². The number of fused-ring (bicyclic) bond motifs is 1. The Labute approximate surface area is 167 Å². The SMILES string of the molecule is Cc1nc(C(=O)N2CC[C@@]3(CCn4ncnc4[C@H]3NC(=O)C3CCC3)C2)cs1. The van der Waals surface area contributed by atoms with Crippen molar-refractivity contribution in [1.29, 1.82) is 0 Å². The standard InChI is InChI=1S/C19H24N6O2S/c1-12-22-14(9-28-12)18(27)24-7-5-19(10-24)6-8-25-16(20-11-21-25)15(19)23-17(26)13-3-2-4-13/h9,11,13,15H,2-8,10H2,1H3,(H,23,26)/t15-,19-/m1/s1. The Balaban J connectivity index is 1.40. The lowest BCUT2D eigenvalue weighted by Gasteiger charge is -2.41. The van der Waals surface area contributed by atoms with Crippen LogP contribution in [0.15, 0.2) is 11.7 Å². The number of carbonyl (C=O) groups excluding carboxylic acids is 2. The fourth-order valence-corrected chi connectivity index (χ4v) is 5.28. The molecule has 5 rings (SSSR count). The predicted octanol–water partition coefficient (Wildman–Crippen LogP) is 1.94. The lowest BCUT2D eigenvalue weighted by molar-refractivity contribution is -0.129. The molecule has 1 aliphatic carbocycles. The van der Waals surface area contributed by atoms with Gasteiger partial charge in [0.15, 0.2) is 0 Å². The first-order valence-corrected chi connectivity index (χ1v) is 10.8. The molecular formula is C19H24N6O2S. The fraction of sp³-hybridized carbons (Fsp3) is 0.632. The molecule has 2 amide bonds. The van der Waals surface area contributed by atoms with Gasteiger partial charge in [0.1, 0.15) is 17.8 Å². The third kappa shape index (κ3) is 2.83. The van der Waals surface area contributed by atoms with E-state index in [-0.39, 0.29) is 29.2 Å². The molecule has 0 bridgehead atoms. The van der Waals surface area contributed by atoms with E-state index in [9.17, 15) is 9.59 Å². The minimum absolute atomic E-state index is 0.0164. The van der Waals surface area contributed by atoms with Crippen LogP contribution in [0, 0.1) is 18.3 Å². The van der Waals surface area contributed by atoms with Crippen LogP contribution in [0.4, 0.5) is 0 Å². The van der Waals surface area contributed by atoms with Crippen LogP contribution in [0.2, 0.25) is 0 Å². The zero-order chi connectivity index (χ0) is 19.3. The molecule has 0 radical (unpaired) electrons. The molecule has 1 N–H and O–H groups in total. The highest BCUT2D eigenvalue weighted by atomic mass is 32.1. The summed E-state index contributed by atoms with van der Waals surface area (Å²) in [5.74, 6) is 1.04. The number of aromatic nitrogens is 4. The molecule has 2 aliphatic heterocycles. The van der Waals surface area contributed by atoms with Gasteiger partial charge in [0.2, 0.25) is 5.91 Å². The van der Waals surface area contributed by atoms with Crippen molar-refractivity contribution in [2.45, 2.75) is 51.6 Å². The number of amides is 2. The van der Waals surface area contributed by atoms with Crippen LogP contribution in [-0.2, 0) is 11.3 Å². The first-order valence-electron chi connectivity index (χ1n) is 9.95. The number of nitrogens with one attached hydrogen (secondary N) is 1. The van der Waals surface area contributed by atoms with Crippen LogP contribution in [0.25, 0.3) is 0 Å². The number of likely N-dealkylation sites (tertiary alicyclic amines) is 1. The van der Waals surface area contributed by atoms with Crippen molar-refractivity contribution in [3.63, 3.8) is 0 Å². The van der Waals surface area contributed by atoms with E-state index >= 15 is 0 Å². The van der Waals surface area contributed by atoms with E-state index < -0.39 is 0 Å². The highest BCUT2D eigenvalue weighted by Crippen LogP contribution is 2.48. The maximum Gasteiger partial charge on any atom is 0.273 e. The van der Waals surface area contributed by atoms with Gasteiger partial charge in [-0.1, -0.05) is 6.42 Å². The Morgan fingerprint density at radius 1 is 1.29 bits per heavy atom. The Morgan fingerprint density at radius 3 is 2.82 bits per heavy atom. The van der Waals surface area contributed by atoms with Crippen molar-refractivity contribution >= 4 is 23.2 Å². The van der Waals surface area contributed by atoms with Gasteiger partial charge in [-0.15, -0.1) is 11.3 Å². The quantitative estimate of drug-likeness (QED) is 0.850. The van der Waals surface area contributed by atoms with E-state index in [4.69, 9.17) is 0 Å². The van der Waals surface area contributed by atoms with Gasteiger partial charge >= 0.3 is 0 Å². The van der Waals surface area contributed by atoms with Crippen molar-refractivity contribution in [1.82, 2.24) is 30.0 Å². The minimum atomic E-state index is -0.202. The molecule has 2 atom stereocenters. The Morgan fingerprint density at radius 2 is 2.11 bits per heavy atom. The average molecular weight is 401 g/mol. The van der Waals surface area contributed by atoms with E-state index in [1.54, 1.807) is 6.33 Å². The smallest absolute Gasteiger partial charge is 0.273 e. The van der Waals surface area contributed by atoms with E-state index in [0.717, 1.165) is 49.5 Å². The van der Waals surface area contributed by atoms with Gasteiger partial charge in [0, 0.05) is 36.3 Å². The number of carbonyl (C=O) groups is 2. The third-order valence-electron chi connectivity index (χ3n) is 6.61. The molecule has 3 aliphatic rings. The van der Waals surface area contributed by atoms with Crippen molar-refractivity contribution < 1.29 is 9.59 Å². The number of thiazole rings is 1. The fourth-order valence-electron chi connectivity index (χ4n) is 4.70. The molecule has 2 fully saturated rings. The lowest BCUT2D eigenvalue weighted by atomic mass is 9.73. The molecule has 2 aromatic heterocycles. The second kappa shape index (κ2) is 6.65. The van der Waals surface area contributed by atoms with Crippen molar-refractivity contribution in [3.05, 3.63) is 28.2 Å². The number of nitrogens with zero attached hydrogens (tertiary/aromatic N) is 5. The molecule has 2 aromatic rings. The van der Waals surface area contributed by atoms with Crippen LogP contribution in [0.3, 0.4) is 0 Å². The Bertz CT molecular complexity index is 919. The van der Waals surface area contributed by atoms with E-state index in [0.29, 0.717) is 18.8 Å². The van der Waals surface area contributed by atoms with Gasteiger partial charge < -0.3 is 10.2 Å². The first kappa shape index (κ1) is 17.8. The summed E-state index contributed by atoms with van der Waals surface area (Å²) in [6.45, 7) is 3.97. The van der Waals surface area contributed by atoms with Gasteiger partial charge in [0.05, 0.1) is 11.0 Å². The molecule has 9 heteroatoms. The molecular weight excluding hydrogens is 376 g/mol. The average Bonchev–Trinajstić information content (AvgIpc) is 3.35. The zero-order valence-corrected chi connectivity index (χ0v) is 16.7. The predicted molar refractivity (Wildman–Crippen MR) is 103 cm³/mol. The maximum atomic E-state index is 12.9. The summed E-state index contributed by atoms with van der Waals surface area (Å²) >= 11 is 1.49. The van der Waals surface area contributed by atoms with E-state index in [1.807, 2.05) is 21.9 Å². The molecule has 148 valence electrons. The Kier molecular flexibility index (Phi) is 4.22. The van der Waals surface area contributed by atoms with Crippen LogP contribution in [0.1, 0.15) is 59.5 Å². The van der Waals surface area contributed by atoms with Gasteiger partial charge in [-0.3, -0.25) is 9.59 Å². The first-order chi connectivity index (χ1) is 13.6. The second-order valence-electron chi connectivity index (χ2n) is 8.25. The summed E-state index contributed by atoms with van der Waals surface area (Å²) in [4.78, 5) is 36.4. The normalized spacial score (nSPS) is 26.9. The van der Waals surface area contributed by atoms with Crippen LogP contribution in [-0.4, -0.2) is 49.6 Å². The summed E-state index contributed by atoms with van der Waals surface area (Å²) in [5, 5.41) is 10.3. The Hall–Kier alpha value is -2.29. The summed E-state index contributed by atoms with van der Waals surface area (Å²) in [5.41, 5.74) is 0.331. The molecule has 0 unspecified atom stereocenters. The third-order valence-corrected chi connectivity index (χ3v) is 7.38. The summed E-state index contributed by atoms with van der Waals surface area (Å²) < 4.78 is 1.89. The number of hydrogen-bond acceptors (Lipinski definition) is 6. The molecule has 1 saturated heterocycles. The molecule has 0 aromatic carbocycles. The largest absolute Gasteiger partial charge is 0.345 e. The minimum Gasteiger partial charge on any atom is -0.345 e. The molecule has 28 heavy (non-hydrogen) atoms. The van der Waals surface area contributed by atoms with Gasteiger partial charge in [-0.25, -0.2) is 14.6 Å². The topological polar surface area (TPSA) is 93.0 Å². The number of rotatable bonds is 3. The molecule has 1 saturated carbocycles. The van der Waals surface area contributed by atoms with Crippen LogP contribution >= 0.6 is 11.3 Å². The molecule has 1 spiro atoms. The van der Waals surface area contributed by atoms with Gasteiger partial charge in [-0.05, 0) is 32.6 Å². The number of hydrogen-bond donors (Lipinski definition) is 1. The molecule has 4 heterocycles. The van der Waals surface area contributed by atoms with Crippen molar-refractivity contribution in [2.75, 3.05) is 13.1 Å². The zero-order valence-electron chi connectivity index (χ0n) is 15.9. The van der Waals surface area contributed by atoms with E-state index in [1.165, 1.54) is 11.3 Å². The van der Waals surface area contributed by atoms with Crippen LogP contribution < -0.4 is 5.32 Å². The summed E-state index contributed by atoms with van der Waals surface area (Å²) in [6, 6.07) is -0.202. The van der Waals surface area contributed by atoms with Crippen molar-refractivity contribution in [3.8, 4) is 0 Å². The second-order valence-corrected chi connectivity index (χ2v) is 9.31. The number of aryl methyl sites for hydroxylation is 2. The lowest BCUT2D eigenvalue weighted by Crippen LogP contribution is -2.49. The maximum absolute atomic E-state index is 12.9. The van der Waals surface area contributed by atoms with E-state index in [2.05, 4.69) is 20.4 Å². The summed E-state index contributed by atoms with van der Waals surface area (Å²) in [6.07, 6.45) is 6.34.